The average molecular weight is 179 g/mol. The number of aryl methyl sites for hydroxylation is 1. The Labute approximate surface area is 66.0 Å². The number of alkyl halides is 2. The highest BCUT2D eigenvalue weighted by molar-refractivity contribution is 5.18. The van der Waals surface area contributed by atoms with E-state index in [9.17, 15) is 17.6 Å². The molecule has 1 heterocycles. The lowest BCUT2D eigenvalue weighted by Crippen LogP contribution is -2.00. The van der Waals surface area contributed by atoms with Crippen molar-refractivity contribution >= 4 is 0 Å². The van der Waals surface area contributed by atoms with Crippen molar-refractivity contribution in [3.63, 3.8) is 0 Å². The summed E-state index contributed by atoms with van der Waals surface area (Å²) in [5.41, 5.74) is -1.23. The fourth-order valence-corrected chi connectivity index (χ4v) is 0.717. The predicted molar refractivity (Wildman–Crippen MR) is 33.8 cm³/mol. The summed E-state index contributed by atoms with van der Waals surface area (Å²) >= 11 is 0. The summed E-state index contributed by atoms with van der Waals surface area (Å²) in [6, 6.07) is 0. The Balaban J connectivity index is 3.27. The number of pyridine rings is 1. The minimum atomic E-state index is -3.08. The summed E-state index contributed by atoms with van der Waals surface area (Å²) in [5, 5.41) is 0. The molecule has 1 aromatic rings. The van der Waals surface area contributed by atoms with E-state index in [1.54, 1.807) is 0 Å². The Morgan fingerprint density at radius 3 is 2.33 bits per heavy atom. The van der Waals surface area contributed by atoms with Gasteiger partial charge >= 0.3 is 0 Å². The van der Waals surface area contributed by atoms with Crippen LogP contribution in [-0.4, -0.2) is 4.98 Å². The van der Waals surface area contributed by atoms with Gasteiger partial charge in [-0.15, -0.1) is 0 Å². The van der Waals surface area contributed by atoms with E-state index in [1.807, 2.05) is 0 Å². The molecule has 0 aromatic carbocycles. The van der Waals surface area contributed by atoms with Crippen molar-refractivity contribution in [2.24, 2.45) is 0 Å². The molecule has 1 rings (SSSR count). The smallest absolute Gasteiger partial charge is 0.252 e. The van der Waals surface area contributed by atoms with Gasteiger partial charge in [-0.2, -0.15) is 0 Å². The molecule has 0 amide bonds. The molecule has 0 fully saturated rings. The van der Waals surface area contributed by atoms with E-state index in [-0.39, 0.29) is 5.56 Å². The Bertz CT molecular complexity index is 298. The highest BCUT2D eigenvalue weighted by Crippen LogP contribution is 2.22. The van der Waals surface area contributed by atoms with Crippen molar-refractivity contribution in [2.45, 2.75) is 13.3 Å². The first-order valence-electron chi connectivity index (χ1n) is 3.12. The maximum atomic E-state index is 12.6. The van der Waals surface area contributed by atoms with Crippen LogP contribution in [0.1, 0.15) is 17.7 Å². The number of hydrogen-bond acceptors (Lipinski definition) is 1. The number of nitrogens with zero attached hydrogens (tertiary/aromatic N) is 1. The summed E-state index contributed by atoms with van der Waals surface area (Å²) < 4.78 is 48.9. The van der Waals surface area contributed by atoms with E-state index < -0.39 is 23.8 Å². The average Bonchev–Trinajstić information content (AvgIpc) is 2.00. The minimum absolute atomic E-state index is 0.0862. The Kier molecular flexibility index (Phi) is 2.30. The van der Waals surface area contributed by atoms with Crippen LogP contribution in [0.25, 0.3) is 0 Å². The summed E-state index contributed by atoms with van der Waals surface area (Å²) in [7, 11) is 0. The zero-order chi connectivity index (χ0) is 9.30. The van der Waals surface area contributed by atoms with Gasteiger partial charge in [-0.25, -0.2) is 17.6 Å². The van der Waals surface area contributed by atoms with E-state index in [4.69, 9.17) is 0 Å². The predicted octanol–water partition coefficient (Wildman–Crippen LogP) is 2.61. The van der Waals surface area contributed by atoms with Crippen LogP contribution < -0.4 is 0 Å². The number of hydrogen-bond donors (Lipinski definition) is 0. The van der Waals surface area contributed by atoms with Gasteiger partial charge in [0.1, 0.15) is 5.69 Å². The molecule has 0 aliphatic rings. The summed E-state index contributed by atoms with van der Waals surface area (Å²) in [5.74, 6) is -2.83. The second-order valence-electron chi connectivity index (χ2n) is 2.26. The minimum Gasteiger partial charge on any atom is -0.252 e. The van der Waals surface area contributed by atoms with Crippen LogP contribution in [0.5, 0.6) is 0 Å². The molecular formula is C7H5F4N. The molecule has 1 aromatic heterocycles. The van der Waals surface area contributed by atoms with E-state index in [2.05, 4.69) is 4.98 Å². The first-order chi connectivity index (χ1) is 5.54. The molecule has 1 nitrogen and oxygen atoms in total. The second-order valence-corrected chi connectivity index (χ2v) is 2.26. The van der Waals surface area contributed by atoms with E-state index in [1.165, 1.54) is 6.92 Å². The largest absolute Gasteiger partial charge is 0.283 e. The van der Waals surface area contributed by atoms with Crippen LogP contribution in [0.3, 0.4) is 0 Å². The lowest BCUT2D eigenvalue weighted by atomic mass is 10.2. The molecule has 0 aliphatic heterocycles. The quantitative estimate of drug-likeness (QED) is 0.604. The van der Waals surface area contributed by atoms with Gasteiger partial charge in [-0.05, 0) is 6.92 Å². The van der Waals surface area contributed by atoms with Gasteiger partial charge in [0, 0.05) is 11.8 Å². The molecule has 12 heavy (non-hydrogen) atoms. The molecule has 0 spiro atoms. The van der Waals surface area contributed by atoms with Crippen LogP contribution in [0.15, 0.2) is 6.20 Å². The van der Waals surface area contributed by atoms with Crippen LogP contribution in [-0.2, 0) is 0 Å². The van der Waals surface area contributed by atoms with Crippen molar-refractivity contribution in [2.75, 3.05) is 0 Å². The van der Waals surface area contributed by atoms with Gasteiger partial charge < -0.3 is 0 Å². The molecule has 0 unspecified atom stereocenters. The van der Waals surface area contributed by atoms with E-state index >= 15 is 0 Å². The molecule has 0 saturated heterocycles. The fraction of sp³-hybridized carbons (Fsp3) is 0.286. The van der Waals surface area contributed by atoms with Crippen LogP contribution in [0, 0.1) is 18.6 Å². The van der Waals surface area contributed by atoms with Gasteiger partial charge in [-0.1, -0.05) is 0 Å². The molecule has 5 heteroatoms. The lowest BCUT2D eigenvalue weighted by Gasteiger charge is -2.02. The van der Waals surface area contributed by atoms with Crippen molar-refractivity contribution in [3.05, 3.63) is 29.1 Å². The topological polar surface area (TPSA) is 12.9 Å². The SMILES string of the molecule is Cc1cnc(C(F)F)c(F)c1F. The number of aromatic nitrogens is 1. The highest BCUT2D eigenvalue weighted by atomic mass is 19.3. The van der Waals surface area contributed by atoms with Crippen molar-refractivity contribution in [3.8, 4) is 0 Å². The van der Waals surface area contributed by atoms with Gasteiger partial charge in [0.2, 0.25) is 0 Å². The second kappa shape index (κ2) is 3.08. The number of rotatable bonds is 1. The van der Waals surface area contributed by atoms with E-state index in [0.29, 0.717) is 0 Å². The third kappa shape index (κ3) is 1.39. The maximum absolute atomic E-state index is 12.6. The highest BCUT2D eigenvalue weighted by Gasteiger charge is 2.19. The zero-order valence-corrected chi connectivity index (χ0v) is 6.11. The first kappa shape index (κ1) is 8.96. The monoisotopic (exact) mass is 179 g/mol. The molecule has 0 bridgehead atoms. The zero-order valence-electron chi connectivity index (χ0n) is 6.11. The third-order valence-electron chi connectivity index (χ3n) is 1.37. The molecule has 0 aliphatic carbocycles. The van der Waals surface area contributed by atoms with Crippen LogP contribution in [0.4, 0.5) is 17.6 Å². The molecule has 0 N–H and O–H groups in total. The third-order valence-corrected chi connectivity index (χ3v) is 1.37. The maximum Gasteiger partial charge on any atom is 0.283 e. The van der Waals surface area contributed by atoms with Crippen LogP contribution >= 0.6 is 0 Å². The molecular weight excluding hydrogens is 174 g/mol. The fourth-order valence-electron chi connectivity index (χ4n) is 0.717. The van der Waals surface area contributed by atoms with Crippen molar-refractivity contribution < 1.29 is 17.6 Å². The normalized spacial score (nSPS) is 10.8. The summed E-state index contributed by atoms with van der Waals surface area (Å²) in [6.45, 7) is 1.25. The summed E-state index contributed by atoms with van der Waals surface area (Å²) in [6.07, 6.45) is -2.21. The lowest BCUT2D eigenvalue weighted by molar-refractivity contribution is 0.139. The van der Waals surface area contributed by atoms with E-state index in [0.717, 1.165) is 6.20 Å². The molecule has 0 radical (unpaired) electrons. The Hall–Kier alpha value is -1.13. The van der Waals surface area contributed by atoms with Gasteiger partial charge in [0.25, 0.3) is 6.43 Å². The van der Waals surface area contributed by atoms with Crippen molar-refractivity contribution in [1.29, 1.82) is 0 Å². The summed E-state index contributed by atoms with van der Waals surface area (Å²) in [4.78, 5) is 3.07. The molecule has 0 atom stereocenters. The van der Waals surface area contributed by atoms with Gasteiger partial charge in [0.05, 0.1) is 0 Å². The van der Waals surface area contributed by atoms with Gasteiger partial charge in [0.15, 0.2) is 11.6 Å². The standard InChI is InChI=1S/C7H5F4N/c1-3-2-12-6(7(10)11)5(9)4(3)8/h2,7H,1H3. The number of halogens is 4. The first-order valence-corrected chi connectivity index (χ1v) is 3.12. The Morgan fingerprint density at radius 1 is 1.25 bits per heavy atom. The molecule has 0 saturated carbocycles. The van der Waals surface area contributed by atoms with Crippen LogP contribution in [0.2, 0.25) is 0 Å². The Morgan fingerprint density at radius 2 is 1.83 bits per heavy atom. The van der Waals surface area contributed by atoms with Gasteiger partial charge in [-0.3, -0.25) is 4.98 Å². The molecule has 66 valence electrons. The van der Waals surface area contributed by atoms with Crippen molar-refractivity contribution in [1.82, 2.24) is 4.98 Å².